The first-order valence-corrected chi connectivity index (χ1v) is 14.4. The smallest absolute Gasteiger partial charge is 0.361 e. The summed E-state index contributed by atoms with van der Waals surface area (Å²) in [5.41, 5.74) is 3.68. The summed E-state index contributed by atoms with van der Waals surface area (Å²) < 4.78 is 6.91. The van der Waals surface area contributed by atoms with Crippen LogP contribution in [0.2, 0.25) is 5.15 Å². The van der Waals surface area contributed by atoms with Gasteiger partial charge in [0, 0.05) is 18.5 Å². The first-order valence-electron chi connectivity index (χ1n) is 14.0. The fraction of sp³-hybridized carbons (Fsp3) is 0.357. The summed E-state index contributed by atoms with van der Waals surface area (Å²) in [7, 11) is 0. The van der Waals surface area contributed by atoms with E-state index in [0.717, 1.165) is 40.1 Å². The highest BCUT2D eigenvalue weighted by atomic mass is 35.5. The Bertz CT molecular complexity index is 1620. The lowest BCUT2D eigenvalue weighted by atomic mass is 9.98. The predicted octanol–water partition coefficient (Wildman–Crippen LogP) is 4.25. The van der Waals surface area contributed by atoms with Crippen LogP contribution in [0.15, 0.2) is 53.8 Å². The molecule has 0 radical (unpaired) electrons. The summed E-state index contributed by atoms with van der Waals surface area (Å²) >= 11 is 6.42. The molecule has 5 rings (SSSR count). The van der Waals surface area contributed by atoms with Crippen LogP contribution >= 0.6 is 11.6 Å². The van der Waals surface area contributed by atoms with Crippen LogP contribution in [0.3, 0.4) is 0 Å². The molecule has 2 aromatic carbocycles. The van der Waals surface area contributed by atoms with Crippen molar-refractivity contribution in [1.29, 1.82) is 0 Å². The number of aromatic amines is 1. The number of carboxylic acid groups (broad SMARTS) is 1. The van der Waals surface area contributed by atoms with Crippen LogP contribution in [0, 0.1) is 5.21 Å². The first kappa shape index (κ1) is 30.4. The van der Waals surface area contributed by atoms with Gasteiger partial charge in [-0.05, 0) is 46.4 Å². The molecule has 1 saturated heterocycles. The van der Waals surface area contributed by atoms with Crippen LogP contribution in [0.25, 0.3) is 22.5 Å². The van der Waals surface area contributed by atoms with Crippen LogP contribution in [0.1, 0.15) is 54.5 Å². The van der Waals surface area contributed by atoms with Crippen molar-refractivity contribution < 1.29 is 29.2 Å². The third-order valence-electron chi connectivity index (χ3n) is 7.18. The molecule has 16 heteroatoms. The van der Waals surface area contributed by atoms with Crippen LogP contribution < -0.4 is 0 Å². The number of nitrogens with zero attached hydrogens (tertiary/aromatic N) is 8. The molecule has 44 heavy (non-hydrogen) atoms. The Kier molecular flexibility index (Phi) is 9.64. The third kappa shape index (κ3) is 6.78. The van der Waals surface area contributed by atoms with Crippen molar-refractivity contribution in [3.63, 3.8) is 0 Å². The minimum Gasteiger partial charge on any atom is -0.569 e. The monoisotopic (exact) mass is 623 g/mol. The van der Waals surface area contributed by atoms with Crippen molar-refractivity contribution in [3.05, 3.63) is 76.0 Å². The van der Waals surface area contributed by atoms with Crippen LogP contribution in [-0.4, -0.2) is 76.6 Å². The van der Waals surface area contributed by atoms with Crippen molar-refractivity contribution in [2.45, 2.75) is 51.6 Å². The normalized spacial score (nSPS) is 15.0. The molecule has 0 spiro atoms. The van der Waals surface area contributed by atoms with Crippen molar-refractivity contribution >= 4 is 23.5 Å². The van der Waals surface area contributed by atoms with Crippen molar-refractivity contribution in [2.75, 3.05) is 13.3 Å². The van der Waals surface area contributed by atoms with E-state index in [1.807, 2.05) is 48.5 Å². The van der Waals surface area contributed by atoms with Crippen molar-refractivity contribution in [3.8, 4) is 22.5 Å². The Morgan fingerprint density at radius 1 is 1.20 bits per heavy atom. The molecule has 4 aromatic rings. The van der Waals surface area contributed by atoms with E-state index >= 15 is 0 Å². The average molecular weight is 624 g/mol. The predicted molar refractivity (Wildman–Crippen MR) is 155 cm³/mol. The van der Waals surface area contributed by atoms with E-state index in [9.17, 15) is 19.9 Å². The Hall–Kier alpha value is -5.05. The van der Waals surface area contributed by atoms with Gasteiger partial charge in [0.25, 0.3) is 6.79 Å². The topological polar surface area (TPSA) is 187 Å². The first-order chi connectivity index (χ1) is 21.4. The van der Waals surface area contributed by atoms with E-state index in [4.69, 9.17) is 21.2 Å². The van der Waals surface area contributed by atoms with Gasteiger partial charge in [0.05, 0.1) is 11.5 Å². The second-order valence-corrected chi connectivity index (χ2v) is 10.4. The fourth-order valence-electron chi connectivity index (χ4n) is 5.02. The van der Waals surface area contributed by atoms with E-state index in [1.54, 1.807) is 4.57 Å². The molecule has 2 N–H and O–H groups in total. The number of benzene rings is 2. The molecule has 1 aliphatic heterocycles. The highest BCUT2D eigenvalue weighted by Gasteiger charge is 2.37. The summed E-state index contributed by atoms with van der Waals surface area (Å²) in [6.45, 7) is 1.87. The number of tetrazole rings is 1. The molecule has 0 saturated carbocycles. The number of halogens is 1. The van der Waals surface area contributed by atoms with Gasteiger partial charge in [-0.15, -0.1) is 10.1 Å². The standard InChI is InChI=1S/C28H30ClN9O6/c1-2-3-10-23-30-25(29)24(28(41)43-17-44-35-38(42)37-15-6-9-22(37)27(39)40)36(23)16-18-11-13-19(14-12-18)20-7-4-5-8-21(20)26-31-33-34-32-26/h4-5,7-8,11-14,22H,2-3,6,9-10,15-17H2,1H3,(H,39,40)(H,31,32,33,34)/b38-35-. The van der Waals surface area contributed by atoms with E-state index in [2.05, 4.69) is 37.8 Å². The number of carboxylic acids is 1. The molecule has 230 valence electrons. The Morgan fingerprint density at radius 3 is 2.68 bits per heavy atom. The van der Waals surface area contributed by atoms with Gasteiger partial charge in [0.2, 0.25) is 5.28 Å². The number of aryl methyl sites for hydroxylation is 1. The zero-order valence-corrected chi connectivity index (χ0v) is 24.6. The van der Waals surface area contributed by atoms with Gasteiger partial charge in [-0.1, -0.05) is 73.5 Å². The van der Waals surface area contributed by atoms with E-state index in [-0.39, 0.29) is 22.4 Å². The lowest BCUT2D eigenvalue weighted by molar-refractivity contribution is -0.712. The number of unbranched alkanes of at least 4 members (excludes halogenated alkanes) is 1. The second-order valence-electron chi connectivity index (χ2n) is 10.0. The largest absolute Gasteiger partial charge is 0.569 e. The molecule has 1 fully saturated rings. The number of aromatic nitrogens is 6. The summed E-state index contributed by atoms with van der Waals surface area (Å²) in [6, 6.07) is 14.6. The zero-order chi connectivity index (χ0) is 31.1. The molecular weight excluding hydrogens is 594 g/mol. The number of imidazole rings is 1. The highest BCUT2D eigenvalue weighted by molar-refractivity contribution is 6.32. The number of aliphatic carboxylic acids is 1. The number of carbonyl (C=O) groups is 2. The Labute approximate surface area is 256 Å². The molecule has 0 amide bonds. The number of esters is 1. The van der Waals surface area contributed by atoms with Crippen molar-refractivity contribution in [1.82, 2.24) is 35.2 Å². The van der Waals surface area contributed by atoms with Gasteiger partial charge in [0.1, 0.15) is 5.82 Å². The van der Waals surface area contributed by atoms with Gasteiger partial charge in [-0.3, -0.25) is 0 Å². The van der Waals surface area contributed by atoms with Gasteiger partial charge < -0.3 is 24.5 Å². The highest BCUT2D eigenvalue weighted by Crippen LogP contribution is 2.30. The van der Waals surface area contributed by atoms with Crippen LogP contribution in [-0.2, 0) is 27.3 Å². The maximum absolute atomic E-state index is 13.1. The van der Waals surface area contributed by atoms with Crippen molar-refractivity contribution in [2.24, 2.45) is 5.28 Å². The lowest BCUT2D eigenvalue weighted by Gasteiger charge is -2.16. The minimum absolute atomic E-state index is 0.0175. The van der Waals surface area contributed by atoms with Crippen LogP contribution in [0.5, 0.6) is 0 Å². The minimum atomic E-state index is -1.13. The molecule has 1 unspecified atom stereocenters. The Morgan fingerprint density at radius 2 is 1.98 bits per heavy atom. The van der Waals surface area contributed by atoms with E-state index in [0.29, 0.717) is 37.5 Å². The molecule has 1 aliphatic rings. The number of rotatable bonds is 13. The zero-order valence-electron chi connectivity index (χ0n) is 23.8. The van der Waals surface area contributed by atoms with Gasteiger partial charge in [-0.2, -0.15) is 0 Å². The summed E-state index contributed by atoms with van der Waals surface area (Å²) in [6.07, 6.45) is 3.19. The third-order valence-corrected chi connectivity index (χ3v) is 7.45. The summed E-state index contributed by atoms with van der Waals surface area (Å²) in [4.78, 5) is 33.8. The number of H-pyrrole nitrogens is 1. The number of nitrogens with one attached hydrogen (secondary N) is 1. The molecule has 0 aliphatic carbocycles. The second kappa shape index (κ2) is 13.9. The number of carbonyl (C=O) groups excluding carboxylic acids is 1. The van der Waals surface area contributed by atoms with Gasteiger partial charge in [-0.25, -0.2) is 19.7 Å². The van der Waals surface area contributed by atoms with Gasteiger partial charge in [0.15, 0.2) is 22.7 Å². The molecule has 15 nitrogen and oxygen atoms in total. The maximum Gasteiger partial charge on any atom is 0.361 e. The quantitative estimate of drug-likeness (QED) is 0.0541. The van der Waals surface area contributed by atoms with E-state index < -0.39 is 24.8 Å². The SMILES string of the molecule is CCCCc1nc(Cl)c(C(=O)OCO/N=[N+](\[O-])N2CCCC2C(=O)O)n1Cc1ccc(-c2ccccc2-c2nnn[nH]2)cc1. The molecular formula is C28H30ClN9O6. The number of hydrogen-bond donors (Lipinski definition) is 2. The Balaban J connectivity index is 1.30. The van der Waals surface area contributed by atoms with E-state index in [1.165, 1.54) is 0 Å². The number of hydrazine groups is 1. The summed E-state index contributed by atoms with van der Waals surface area (Å²) in [5.74, 6) is -0.758. The fourth-order valence-corrected chi connectivity index (χ4v) is 5.30. The lowest BCUT2D eigenvalue weighted by Crippen LogP contribution is -2.40. The number of ether oxygens (including phenoxy) is 1. The van der Waals surface area contributed by atoms with Gasteiger partial charge >= 0.3 is 11.9 Å². The molecule has 1 atom stereocenters. The number of hydrogen-bond acceptors (Lipinski definition) is 10. The molecule has 0 bridgehead atoms. The maximum atomic E-state index is 13.1. The van der Waals surface area contributed by atoms with Crippen LogP contribution in [0.4, 0.5) is 0 Å². The summed E-state index contributed by atoms with van der Waals surface area (Å²) in [5, 5.41) is 39.9. The average Bonchev–Trinajstić information content (AvgIpc) is 3.80. The molecule has 2 aromatic heterocycles. The molecule has 3 heterocycles.